The highest BCUT2D eigenvalue weighted by molar-refractivity contribution is 7.99. The lowest BCUT2D eigenvalue weighted by molar-refractivity contribution is -0.139. The minimum Gasteiger partial charge on any atom is -0.481 e. The molecule has 0 saturated carbocycles. The van der Waals surface area contributed by atoms with E-state index in [-0.39, 0.29) is 13.0 Å². The van der Waals surface area contributed by atoms with Crippen molar-refractivity contribution in [3.05, 3.63) is 48.5 Å². The van der Waals surface area contributed by atoms with Gasteiger partial charge in [-0.1, -0.05) is 36.0 Å². The maximum absolute atomic E-state index is 10.8. The Balaban J connectivity index is 1.96. The number of rotatable bonds is 4. The minimum atomic E-state index is -0.990. The minimum absolute atomic E-state index is 0.256. The van der Waals surface area contributed by atoms with E-state index >= 15 is 0 Å². The van der Waals surface area contributed by atoms with Crippen molar-refractivity contribution >= 4 is 29.1 Å². The molecule has 108 valence electrons. The predicted molar refractivity (Wildman–Crippen MR) is 82.3 cm³/mol. The first-order valence-corrected chi connectivity index (χ1v) is 7.50. The Labute approximate surface area is 127 Å². The first-order valence-electron chi connectivity index (χ1n) is 6.68. The second-order valence-electron chi connectivity index (χ2n) is 4.90. The van der Waals surface area contributed by atoms with Crippen LogP contribution in [0, 0.1) is 0 Å². The fraction of sp³-hybridized carbons (Fsp3) is 0.188. The number of benzene rings is 2. The maximum atomic E-state index is 10.8. The number of carbonyl (C=O) groups is 1. The lowest BCUT2D eigenvalue weighted by Gasteiger charge is -2.33. The SMILES string of the molecule is O=C(O)CC(O)CN1c2ccccc2Sc2ccccc21. The van der Waals surface area contributed by atoms with E-state index in [0.717, 1.165) is 21.2 Å². The van der Waals surface area contributed by atoms with E-state index in [0.29, 0.717) is 0 Å². The molecule has 0 aliphatic carbocycles. The third-order valence-electron chi connectivity index (χ3n) is 3.34. The lowest BCUT2D eigenvalue weighted by Crippen LogP contribution is -2.31. The number of aliphatic hydroxyl groups is 1. The Kier molecular flexibility index (Phi) is 3.86. The van der Waals surface area contributed by atoms with Gasteiger partial charge in [0.2, 0.25) is 0 Å². The standard InChI is InChI=1S/C16H15NO3S/c18-11(9-16(19)20)10-17-12-5-1-3-7-14(12)21-15-8-4-2-6-13(15)17/h1-8,11,18H,9-10H2,(H,19,20). The normalized spacial score (nSPS) is 14.2. The number of carboxylic acids is 1. The van der Waals surface area contributed by atoms with Gasteiger partial charge in [0.15, 0.2) is 0 Å². The van der Waals surface area contributed by atoms with Crippen LogP contribution in [-0.2, 0) is 4.79 Å². The summed E-state index contributed by atoms with van der Waals surface area (Å²) in [5, 5.41) is 18.8. The third-order valence-corrected chi connectivity index (χ3v) is 4.47. The molecule has 1 aliphatic heterocycles. The zero-order valence-electron chi connectivity index (χ0n) is 11.3. The summed E-state index contributed by atoms with van der Waals surface area (Å²) >= 11 is 1.69. The molecule has 0 radical (unpaired) electrons. The van der Waals surface area contributed by atoms with Crippen molar-refractivity contribution in [1.29, 1.82) is 0 Å². The molecule has 1 atom stereocenters. The summed E-state index contributed by atoms with van der Waals surface area (Å²) in [6.45, 7) is 0.265. The van der Waals surface area contributed by atoms with Crippen molar-refractivity contribution in [2.24, 2.45) is 0 Å². The van der Waals surface area contributed by atoms with E-state index in [4.69, 9.17) is 5.11 Å². The molecule has 0 saturated heterocycles. The average molecular weight is 301 g/mol. The van der Waals surface area contributed by atoms with Crippen molar-refractivity contribution in [2.45, 2.75) is 22.3 Å². The van der Waals surface area contributed by atoms with Gasteiger partial charge < -0.3 is 15.1 Å². The lowest BCUT2D eigenvalue weighted by atomic mass is 10.1. The summed E-state index contributed by atoms with van der Waals surface area (Å²) in [7, 11) is 0. The Bertz CT molecular complexity index is 629. The van der Waals surface area contributed by atoms with Gasteiger partial charge >= 0.3 is 5.97 Å². The molecular weight excluding hydrogens is 286 g/mol. The van der Waals surface area contributed by atoms with Gasteiger partial charge in [-0.05, 0) is 24.3 Å². The summed E-state index contributed by atoms with van der Waals surface area (Å²) in [5.74, 6) is -0.990. The number of fused-ring (bicyclic) bond motifs is 2. The van der Waals surface area contributed by atoms with Crippen molar-refractivity contribution in [3.8, 4) is 0 Å². The van der Waals surface area contributed by atoms with Crippen molar-refractivity contribution in [1.82, 2.24) is 0 Å². The van der Waals surface area contributed by atoms with Crippen LogP contribution < -0.4 is 4.90 Å². The van der Waals surface area contributed by atoms with Crippen LogP contribution in [0.4, 0.5) is 11.4 Å². The number of hydrogen-bond donors (Lipinski definition) is 2. The Hall–Kier alpha value is -1.98. The molecule has 1 unspecified atom stereocenters. The Morgan fingerprint density at radius 2 is 1.57 bits per heavy atom. The summed E-state index contributed by atoms with van der Waals surface area (Å²) in [4.78, 5) is 15.0. The van der Waals surface area contributed by atoms with Crippen molar-refractivity contribution in [2.75, 3.05) is 11.4 Å². The van der Waals surface area contributed by atoms with Crippen LogP contribution in [-0.4, -0.2) is 28.8 Å². The number of aliphatic hydroxyl groups excluding tert-OH is 1. The van der Waals surface area contributed by atoms with Crippen LogP contribution in [0.15, 0.2) is 58.3 Å². The predicted octanol–water partition coefficient (Wildman–Crippen LogP) is 3.12. The number of nitrogens with zero attached hydrogens (tertiary/aromatic N) is 1. The van der Waals surface area contributed by atoms with Gasteiger partial charge in [0, 0.05) is 16.3 Å². The highest BCUT2D eigenvalue weighted by Gasteiger charge is 2.25. The molecule has 0 spiro atoms. The fourth-order valence-corrected chi connectivity index (χ4v) is 3.55. The van der Waals surface area contributed by atoms with Gasteiger partial charge in [-0.15, -0.1) is 0 Å². The number of hydrogen-bond acceptors (Lipinski definition) is 4. The number of para-hydroxylation sites is 2. The summed E-state index contributed by atoms with van der Waals surface area (Å²) in [5.41, 5.74) is 2.01. The second-order valence-corrected chi connectivity index (χ2v) is 5.98. The van der Waals surface area contributed by atoms with Gasteiger partial charge in [-0.3, -0.25) is 4.79 Å². The zero-order chi connectivity index (χ0) is 14.8. The number of β-amino-alcohol motifs (C(OH)–C–C–N with tert-alkyl or cyclic N) is 1. The van der Waals surface area contributed by atoms with Gasteiger partial charge in [0.25, 0.3) is 0 Å². The monoisotopic (exact) mass is 301 g/mol. The zero-order valence-corrected chi connectivity index (χ0v) is 12.1. The van der Waals surface area contributed by atoms with Crippen LogP contribution in [0.3, 0.4) is 0 Å². The second kappa shape index (κ2) is 5.79. The molecule has 21 heavy (non-hydrogen) atoms. The van der Waals surface area contributed by atoms with Crippen LogP contribution in [0.1, 0.15) is 6.42 Å². The molecule has 0 bridgehead atoms. The molecule has 4 nitrogen and oxygen atoms in total. The molecule has 2 N–H and O–H groups in total. The quantitative estimate of drug-likeness (QED) is 0.908. The first-order chi connectivity index (χ1) is 10.1. The highest BCUT2D eigenvalue weighted by atomic mass is 32.2. The topological polar surface area (TPSA) is 60.8 Å². The van der Waals surface area contributed by atoms with E-state index < -0.39 is 12.1 Å². The molecule has 5 heteroatoms. The van der Waals surface area contributed by atoms with Crippen LogP contribution in [0.25, 0.3) is 0 Å². The highest BCUT2D eigenvalue weighted by Crippen LogP contribution is 2.47. The number of anilines is 2. The molecule has 3 rings (SSSR count). The van der Waals surface area contributed by atoms with Gasteiger partial charge in [-0.2, -0.15) is 0 Å². The van der Waals surface area contributed by atoms with Crippen molar-refractivity contribution < 1.29 is 15.0 Å². The molecule has 1 aliphatic rings. The smallest absolute Gasteiger partial charge is 0.306 e. The summed E-state index contributed by atoms with van der Waals surface area (Å²) in [6.07, 6.45) is -1.17. The molecule has 1 heterocycles. The van der Waals surface area contributed by atoms with E-state index in [1.54, 1.807) is 11.8 Å². The van der Waals surface area contributed by atoms with Crippen LogP contribution >= 0.6 is 11.8 Å². The van der Waals surface area contributed by atoms with Crippen LogP contribution in [0.5, 0.6) is 0 Å². The largest absolute Gasteiger partial charge is 0.481 e. The van der Waals surface area contributed by atoms with Crippen LogP contribution in [0.2, 0.25) is 0 Å². The third kappa shape index (κ3) is 2.89. The average Bonchev–Trinajstić information content (AvgIpc) is 2.46. The summed E-state index contributed by atoms with van der Waals surface area (Å²) < 4.78 is 0. The molecule has 0 aromatic heterocycles. The van der Waals surface area contributed by atoms with E-state index in [1.165, 1.54) is 0 Å². The maximum Gasteiger partial charge on any atom is 0.306 e. The Morgan fingerprint density at radius 1 is 1.05 bits per heavy atom. The van der Waals surface area contributed by atoms with E-state index in [1.807, 2.05) is 53.4 Å². The van der Waals surface area contributed by atoms with Gasteiger partial charge in [0.05, 0.1) is 23.9 Å². The molecule has 0 amide bonds. The molecule has 0 fully saturated rings. The summed E-state index contributed by atoms with van der Waals surface area (Å²) in [6, 6.07) is 15.9. The Morgan fingerprint density at radius 3 is 2.10 bits per heavy atom. The molecule has 2 aromatic carbocycles. The van der Waals surface area contributed by atoms with Crippen molar-refractivity contribution in [3.63, 3.8) is 0 Å². The number of carboxylic acid groups (broad SMARTS) is 1. The first kappa shape index (κ1) is 14.0. The fourth-order valence-electron chi connectivity index (χ4n) is 2.45. The van der Waals surface area contributed by atoms with E-state index in [9.17, 15) is 9.90 Å². The van der Waals surface area contributed by atoms with Gasteiger partial charge in [-0.25, -0.2) is 0 Å². The number of aliphatic carboxylic acids is 1. The van der Waals surface area contributed by atoms with E-state index in [2.05, 4.69) is 0 Å². The van der Waals surface area contributed by atoms with Gasteiger partial charge in [0.1, 0.15) is 0 Å². The molecule has 2 aromatic rings. The molecular formula is C16H15NO3S.